The highest BCUT2D eigenvalue weighted by Gasteiger charge is 2.08. The van der Waals surface area contributed by atoms with Crippen LogP contribution < -0.4 is 10.6 Å². The molecule has 112 valence electrons. The summed E-state index contributed by atoms with van der Waals surface area (Å²) in [7, 11) is 1.62. The fourth-order valence-corrected chi connectivity index (χ4v) is 1.58. The molecule has 21 heavy (non-hydrogen) atoms. The molecule has 2 heterocycles. The monoisotopic (exact) mass is 291 g/mol. The maximum Gasteiger partial charge on any atom is 0.271 e. The number of carbonyl (C=O) groups excluding carboxylic acids is 1. The van der Waals surface area contributed by atoms with Crippen molar-refractivity contribution in [3.63, 3.8) is 0 Å². The van der Waals surface area contributed by atoms with Gasteiger partial charge in [-0.15, -0.1) is 0 Å². The van der Waals surface area contributed by atoms with Crippen molar-refractivity contribution < 1.29 is 14.1 Å². The Hall–Kier alpha value is -2.48. The van der Waals surface area contributed by atoms with Gasteiger partial charge in [0.05, 0.1) is 12.4 Å². The van der Waals surface area contributed by atoms with E-state index < -0.39 is 0 Å². The summed E-state index contributed by atoms with van der Waals surface area (Å²) in [6.45, 7) is 2.93. The zero-order valence-corrected chi connectivity index (χ0v) is 11.9. The quantitative estimate of drug-likeness (QED) is 0.741. The normalized spacial score (nSPS) is 10.4. The number of anilines is 2. The molecule has 2 N–H and O–H groups in total. The van der Waals surface area contributed by atoms with Gasteiger partial charge in [0.1, 0.15) is 17.3 Å². The van der Waals surface area contributed by atoms with Gasteiger partial charge in [-0.25, -0.2) is 9.97 Å². The van der Waals surface area contributed by atoms with Gasteiger partial charge in [0.15, 0.2) is 5.82 Å². The molecule has 2 aromatic heterocycles. The topological polar surface area (TPSA) is 102 Å². The largest absolute Gasteiger partial charge is 0.385 e. The molecule has 8 nitrogen and oxygen atoms in total. The van der Waals surface area contributed by atoms with Crippen LogP contribution >= 0.6 is 0 Å². The predicted octanol–water partition coefficient (Wildman–Crippen LogP) is 1.28. The Balaban J connectivity index is 1.87. The van der Waals surface area contributed by atoms with Gasteiger partial charge in [-0.1, -0.05) is 5.16 Å². The zero-order chi connectivity index (χ0) is 15.1. The lowest BCUT2D eigenvalue weighted by molar-refractivity contribution is 0.0943. The molecule has 2 rings (SSSR count). The van der Waals surface area contributed by atoms with Crippen LogP contribution in [0.4, 0.5) is 11.6 Å². The molecule has 1 amide bonds. The highest BCUT2D eigenvalue weighted by Crippen LogP contribution is 2.12. The maximum absolute atomic E-state index is 11.8. The van der Waals surface area contributed by atoms with Gasteiger partial charge in [0.25, 0.3) is 5.91 Å². The van der Waals surface area contributed by atoms with Crippen molar-refractivity contribution in [2.45, 2.75) is 13.3 Å². The van der Waals surface area contributed by atoms with E-state index in [-0.39, 0.29) is 11.6 Å². The molecule has 0 aliphatic rings. The number of ether oxygens (including phenoxy) is 1. The van der Waals surface area contributed by atoms with Crippen molar-refractivity contribution in [2.75, 3.05) is 25.6 Å². The molecule has 0 atom stereocenters. The third-order valence-corrected chi connectivity index (χ3v) is 2.58. The van der Waals surface area contributed by atoms with Crippen LogP contribution in [0, 0.1) is 6.92 Å². The summed E-state index contributed by atoms with van der Waals surface area (Å²) in [6, 6.07) is 1.73. The lowest BCUT2D eigenvalue weighted by atomic mass is 10.4. The molecule has 0 fully saturated rings. The Bertz CT molecular complexity index is 582. The van der Waals surface area contributed by atoms with E-state index in [9.17, 15) is 4.79 Å². The van der Waals surface area contributed by atoms with E-state index in [1.165, 1.54) is 12.4 Å². The summed E-state index contributed by atoms with van der Waals surface area (Å²) in [5.41, 5.74) is 0.259. The summed E-state index contributed by atoms with van der Waals surface area (Å²) in [6.07, 6.45) is 3.62. The molecule has 0 aliphatic carbocycles. The van der Waals surface area contributed by atoms with Gasteiger partial charge in [-0.05, 0) is 13.3 Å². The van der Waals surface area contributed by atoms with E-state index in [1.807, 2.05) is 0 Å². The number of nitrogens with zero attached hydrogens (tertiary/aromatic N) is 3. The van der Waals surface area contributed by atoms with Crippen LogP contribution in [-0.4, -0.2) is 41.3 Å². The van der Waals surface area contributed by atoms with Crippen LogP contribution in [-0.2, 0) is 4.74 Å². The number of nitrogens with one attached hydrogen (secondary N) is 2. The molecule has 0 saturated carbocycles. The highest BCUT2D eigenvalue weighted by molar-refractivity contribution is 5.92. The number of aryl methyl sites for hydroxylation is 1. The molecular weight excluding hydrogens is 274 g/mol. The number of amides is 1. The second kappa shape index (κ2) is 7.34. The number of hydrogen-bond acceptors (Lipinski definition) is 7. The molecule has 0 radical (unpaired) electrons. The van der Waals surface area contributed by atoms with Crippen LogP contribution in [0.25, 0.3) is 0 Å². The lowest BCUT2D eigenvalue weighted by Crippen LogP contribution is -2.26. The van der Waals surface area contributed by atoms with Crippen LogP contribution in [0.1, 0.15) is 22.7 Å². The average Bonchev–Trinajstić information content (AvgIpc) is 2.89. The minimum Gasteiger partial charge on any atom is -0.385 e. The number of methoxy groups -OCH3 is 1. The first-order chi connectivity index (χ1) is 10.2. The van der Waals surface area contributed by atoms with E-state index in [0.29, 0.717) is 30.5 Å². The van der Waals surface area contributed by atoms with Gasteiger partial charge < -0.3 is 19.9 Å². The predicted molar refractivity (Wildman–Crippen MR) is 75.4 cm³/mol. The Morgan fingerprint density at radius 2 is 2.19 bits per heavy atom. The smallest absolute Gasteiger partial charge is 0.271 e. The van der Waals surface area contributed by atoms with E-state index in [1.54, 1.807) is 20.1 Å². The summed E-state index contributed by atoms with van der Waals surface area (Å²) in [4.78, 5) is 19.9. The molecule has 0 bridgehead atoms. The first-order valence-electron chi connectivity index (χ1n) is 6.48. The SMILES string of the molecule is COCCCNC(=O)c1cnc(Nc2cc(C)on2)cn1. The van der Waals surface area contributed by atoms with Crippen LogP contribution in [0.5, 0.6) is 0 Å². The number of aromatic nitrogens is 3. The van der Waals surface area contributed by atoms with Crippen molar-refractivity contribution in [3.8, 4) is 0 Å². The molecule has 2 aromatic rings. The minimum absolute atomic E-state index is 0.259. The number of rotatable bonds is 7. The third kappa shape index (κ3) is 4.53. The van der Waals surface area contributed by atoms with Gasteiger partial charge in [-0.3, -0.25) is 4.79 Å². The average molecular weight is 291 g/mol. The van der Waals surface area contributed by atoms with E-state index >= 15 is 0 Å². The Labute approximate surface area is 121 Å². The molecule has 0 unspecified atom stereocenters. The summed E-state index contributed by atoms with van der Waals surface area (Å²) in [5.74, 6) is 1.46. The van der Waals surface area contributed by atoms with Crippen LogP contribution in [0.2, 0.25) is 0 Å². The molecule has 0 aliphatic heterocycles. The molecule has 8 heteroatoms. The Morgan fingerprint density at radius 1 is 1.33 bits per heavy atom. The fraction of sp³-hybridized carbons (Fsp3) is 0.385. The molecule has 0 aromatic carbocycles. The Morgan fingerprint density at radius 3 is 2.81 bits per heavy atom. The minimum atomic E-state index is -0.262. The highest BCUT2D eigenvalue weighted by atomic mass is 16.5. The lowest BCUT2D eigenvalue weighted by Gasteiger charge is -2.05. The second-order valence-corrected chi connectivity index (χ2v) is 4.34. The standard InChI is InChI=1S/C13H17N5O3/c1-9-6-11(18-21-9)17-12-8-15-10(7-16-12)13(19)14-4-3-5-20-2/h6-8H,3-5H2,1-2H3,(H,14,19)(H,16,17,18). The molecule has 0 saturated heterocycles. The third-order valence-electron chi connectivity index (χ3n) is 2.58. The second-order valence-electron chi connectivity index (χ2n) is 4.34. The van der Waals surface area contributed by atoms with Crippen molar-refractivity contribution in [3.05, 3.63) is 29.9 Å². The summed E-state index contributed by atoms with van der Waals surface area (Å²) in [5, 5.41) is 9.44. The van der Waals surface area contributed by atoms with Gasteiger partial charge in [-0.2, -0.15) is 0 Å². The van der Waals surface area contributed by atoms with Crippen LogP contribution in [0.3, 0.4) is 0 Å². The first kappa shape index (κ1) is 14.9. The van der Waals surface area contributed by atoms with Crippen molar-refractivity contribution in [1.29, 1.82) is 0 Å². The molecule has 0 spiro atoms. The Kier molecular flexibility index (Phi) is 5.22. The van der Waals surface area contributed by atoms with Crippen molar-refractivity contribution in [1.82, 2.24) is 20.4 Å². The summed E-state index contributed by atoms with van der Waals surface area (Å²) >= 11 is 0. The number of hydrogen-bond donors (Lipinski definition) is 2. The zero-order valence-electron chi connectivity index (χ0n) is 11.9. The van der Waals surface area contributed by atoms with Crippen molar-refractivity contribution in [2.24, 2.45) is 0 Å². The van der Waals surface area contributed by atoms with E-state index in [0.717, 1.165) is 6.42 Å². The fourth-order valence-electron chi connectivity index (χ4n) is 1.58. The van der Waals surface area contributed by atoms with Gasteiger partial charge in [0.2, 0.25) is 0 Å². The van der Waals surface area contributed by atoms with Gasteiger partial charge >= 0.3 is 0 Å². The van der Waals surface area contributed by atoms with Gasteiger partial charge in [0, 0.05) is 26.3 Å². The summed E-state index contributed by atoms with van der Waals surface area (Å²) < 4.78 is 9.83. The van der Waals surface area contributed by atoms with E-state index in [4.69, 9.17) is 9.26 Å². The van der Waals surface area contributed by atoms with E-state index in [2.05, 4.69) is 25.8 Å². The maximum atomic E-state index is 11.8. The first-order valence-corrected chi connectivity index (χ1v) is 6.48. The van der Waals surface area contributed by atoms with Crippen LogP contribution in [0.15, 0.2) is 23.0 Å². The van der Waals surface area contributed by atoms with Crippen molar-refractivity contribution >= 4 is 17.5 Å². The molecular formula is C13H17N5O3. The number of carbonyl (C=O) groups is 1.